The second-order valence-electron chi connectivity index (χ2n) is 5.37. The molecule has 0 aliphatic carbocycles. The second kappa shape index (κ2) is 7.45. The van der Waals surface area contributed by atoms with Gasteiger partial charge < -0.3 is 16.0 Å². The summed E-state index contributed by atoms with van der Waals surface area (Å²) in [5.74, 6) is 0.487. The van der Waals surface area contributed by atoms with Gasteiger partial charge in [-0.1, -0.05) is 24.3 Å². The van der Waals surface area contributed by atoms with E-state index in [0.29, 0.717) is 12.5 Å². The zero-order valence-electron chi connectivity index (χ0n) is 13.0. The molecule has 0 amide bonds. The van der Waals surface area contributed by atoms with Crippen LogP contribution < -0.4 is 11.1 Å². The Morgan fingerprint density at radius 1 is 1.13 bits per heavy atom. The van der Waals surface area contributed by atoms with Gasteiger partial charge in [-0.2, -0.15) is 0 Å². The lowest BCUT2D eigenvalue weighted by atomic mass is 10.1. The Hall–Kier alpha value is -2.82. The predicted octanol–water partition coefficient (Wildman–Crippen LogP) is 2.25. The van der Waals surface area contributed by atoms with Crippen molar-refractivity contribution in [3.8, 4) is 0 Å². The molecule has 0 radical (unpaired) electrons. The minimum atomic E-state index is 0.487. The van der Waals surface area contributed by atoms with Crippen LogP contribution in [-0.4, -0.2) is 29.0 Å². The topological polar surface area (TPSA) is 79.1 Å². The number of aromatic amines is 1. The number of aliphatic imine (C=N–C) groups is 1. The molecule has 0 saturated carbocycles. The molecule has 0 spiro atoms. The predicted molar refractivity (Wildman–Crippen MR) is 94.4 cm³/mol. The van der Waals surface area contributed by atoms with Crippen molar-refractivity contribution in [2.45, 2.75) is 12.8 Å². The van der Waals surface area contributed by atoms with Crippen LogP contribution in [0.4, 0.5) is 0 Å². The van der Waals surface area contributed by atoms with Crippen LogP contribution in [-0.2, 0) is 12.8 Å². The smallest absolute Gasteiger partial charge is 0.188 e. The van der Waals surface area contributed by atoms with Gasteiger partial charge in [-0.05, 0) is 30.2 Å². The van der Waals surface area contributed by atoms with E-state index in [2.05, 4.69) is 44.7 Å². The van der Waals surface area contributed by atoms with Gasteiger partial charge in [0.2, 0.25) is 0 Å². The highest BCUT2D eigenvalue weighted by Crippen LogP contribution is 2.17. The van der Waals surface area contributed by atoms with Gasteiger partial charge in [0.05, 0.1) is 0 Å². The third-order valence-electron chi connectivity index (χ3n) is 3.75. The molecule has 0 fully saturated rings. The van der Waals surface area contributed by atoms with E-state index in [9.17, 15) is 0 Å². The fourth-order valence-electron chi connectivity index (χ4n) is 2.56. The van der Waals surface area contributed by atoms with E-state index in [-0.39, 0.29) is 0 Å². The van der Waals surface area contributed by atoms with E-state index >= 15 is 0 Å². The molecule has 0 atom stereocenters. The molecule has 5 nitrogen and oxygen atoms in total. The summed E-state index contributed by atoms with van der Waals surface area (Å²) in [6, 6.07) is 14.2. The number of pyridine rings is 1. The van der Waals surface area contributed by atoms with E-state index in [4.69, 9.17) is 5.73 Å². The maximum atomic E-state index is 5.90. The first-order valence-corrected chi connectivity index (χ1v) is 7.81. The number of hydrogen-bond acceptors (Lipinski definition) is 2. The summed E-state index contributed by atoms with van der Waals surface area (Å²) in [7, 11) is 0. The third kappa shape index (κ3) is 4.10. The van der Waals surface area contributed by atoms with Crippen LogP contribution in [0, 0.1) is 0 Å². The highest BCUT2D eigenvalue weighted by molar-refractivity contribution is 5.83. The maximum Gasteiger partial charge on any atom is 0.188 e. The van der Waals surface area contributed by atoms with Crippen LogP contribution in [0.2, 0.25) is 0 Å². The lowest BCUT2D eigenvalue weighted by Crippen LogP contribution is -2.33. The number of aromatic nitrogens is 2. The molecule has 0 aliphatic rings. The number of nitrogens with zero attached hydrogens (tertiary/aromatic N) is 2. The van der Waals surface area contributed by atoms with Crippen LogP contribution in [0.15, 0.2) is 59.9 Å². The molecule has 5 heteroatoms. The van der Waals surface area contributed by atoms with Crippen molar-refractivity contribution >= 4 is 16.9 Å². The molecule has 1 aromatic carbocycles. The summed E-state index contributed by atoms with van der Waals surface area (Å²) in [6.45, 7) is 1.41. The molecule has 118 valence electrons. The molecular weight excluding hydrogens is 286 g/mol. The fourth-order valence-corrected chi connectivity index (χ4v) is 2.56. The standard InChI is InChI=1S/C18H21N5/c19-18(22-12-9-15-5-3-4-10-20-15)21-11-8-14-13-23-17-7-2-1-6-16(14)17/h1-7,10,13,23H,8-9,11-12H2,(H3,19,21,22). The molecule has 2 aromatic heterocycles. The van der Waals surface area contributed by atoms with Gasteiger partial charge in [0.1, 0.15) is 0 Å². The largest absolute Gasteiger partial charge is 0.370 e. The third-order valence-corrected chi connectivity index (χ3v) is 3.75. The van der Waals surface area contributed by atoms with E-state index in [1.807, 2.05) is 24.3 Å². The maximum absolute atomic E-state index is 5.90. The molecule has 0 unspecified atom stereocenters. The van der Waals surface area contributed by atoms with Gasteiger partial charge >= 0.3 is 0 Å². The first-order chi connectivity index (χ1) is 11.3. The summed E-state index contributed by atoms with van der Waals surface area (Å²) in [5.41, 5.74) is 9.38. The van der Waals surface area contributed by atoms with Gasteiger partial charge in [-0.3, -0.25) is 9.98 Å². The average Bonchev–Trinajstić information content (AvgIpc) is 2.99. The molecule has 3 rings (SSSR count). The molecule has 4 N–H and O–H groups in total. The minimum Gasteiger partial charge on any atom is -0.370 e. The molecule has 2 heterocycles. The van der Waals surface area contributed by atoms with Crippen LogP contribution >= 0.6 is 0 Å². The van der Waals surface area contributed by atoms with Gasteiger partial charge in [-0.15, -0.1) is 0 Å². The van der Waals surface area contributed by atoms with E-state index in [0.717, 1.165) is 25.1 Å². The van der Waals surface area contributed by atoms with Gasteiger partial charge in [0.15, 0.2) is 5.96 Å². The van der Waals surface area contributed by atoms with Crippen molar-refractivity contribution in [3.63, 3.8) is 0 Å². The number of guanidine groups is 1. The van der Waals surface area contributed by atoms with Gasteiger partial charge in [0.25, 0.3) is 0 Å². The molecule has 0 bridgehead atoms. The molecule has 0 aliphatic heterocycles. The number of benzene rings is 1. The van der Waals surface area contributed by atoms with Crippen LogP contribution in [0.3, 0.4) is 0 Å². The zero-order valence-corrected chi connectivity index (χ0v) is 13.0. The normalized spacial score (nSPS) is 11.7. The number of H-pyrrole nitrogens is 1. The Morgan fingerprint density at radius 2 is 2.00 bits per heavy atom. The summed E-state index contributed by atoms with van der Waals surface area (Å²) in [4.78, 5) is 11.9. The number of fused-ring (bicyclic) bond motifs is 1. The van der Waals surface area contributed by atoms with Crippen molar-refractivity contribution in [1.82, 2.24) is 15.3 Å². The number of rotatable bonds is 6. The fraction of sp³-hybridized carbons (Fsp3) is 0.222. The Morgan fingerprint density at radius 3 is 2.87 bits per heavy atom. The SMILES string of the molecule is NC(=NCCc1ccccn1)NCCc1c[nH]c2ccccc12. The molecule has 0 saturated heterocycles. The second-order valence-corrected chi connectivity index (χ2v) is 5.37. The minimum absolute atomic E-state index is 0.487. The quantitative estimate of drug-likeness (QED) is 0.483. The van der Waals surface area contributed by atoms with E-state index in [1.165, 1.54) is 16.5 Å². The lowest BCUT2D eigenvalue weighted by Gasteiger charge is -2.05. The molecular formula is C18H21N5. The van der Waals surface area contributed by atoms with E-state index < -0.39 is 0 Å². The van der Waals surface area contributed by atoms with Gasteiger partial charge in [-0.25, -0.2) is 0 Å². The zero-order chi connectivity index (χ0) is 15.9. The van der Waals surface area contributed by atoms with Crippen molar-refractivity contribution in [1.29, 1.82) is 0 Å². The Bertz CT molecular complexity index is 776. The summed E-state index contributed by atoms with van der Waals surface area (Å²) in [5, 5.41) is 4.43. The highest BCUT2D eigenvalue weighted by atomic mass is 15.1. The number of para-hydroxylation sites is 1. The molecule has 3 aromatic rings. The monoisotopic (exact) mass is 307 g/mol. The van der Waals surface area contributed by atoms with Crippen LogP contribution in [0.1, 0.15) is 11.3 Å². The number of hydrogen-bond donors (Lipinski definition) is 3. The summed E-state index contributed by atoms with van der Waals surface area (Å²) < 4.78 is 0. The Labute approximate surface area is 135 Å². The van der Waals surface area contributed by atoms with Crippen LogP contribution in [0.5, 0.6) is 0 Å². The van der Waals surface area contributed by atoms with Gasteiger partial charge in [0, 0.05) is 48.5 Å². The number of nitrogens with two attached hydrogens (primary N) is 1. The summed E-state index contributed by atoms with van der Waals surface area (Å²) >= 11 is 0. The molecule has 23 heavy (non-hydrogen) atoms. The number of nitrogens with one attached hydrogen (secondary N) is 2. The van der Waals surface area contributed by atoms with Crippen molar-refractivity contribution in [2.24, 2.45) is 10.7 Å². The van der Waals surface area contributed by atoms with Crippen LogP contribution in [0.25, 0.3) is 10.9 Å². The van der Waals surface area contributed by atoms with E-state index in [1.54, 1.807) is 6.20 Å². The average molecular weight is 307 g/mol. The summed E-state index contributed by atoms with van der Waals surface area (Å²) in [6.07, 6.45) is 5.55. The Kier molecular flexibility index (Phi) is 4.88. The first kappa shape index (κ1) is 15.1. The van der Waals surface area contributed by atoms with Crippen molar-refractivity contribution < 1.29 is 0 Å². The van der Waals surface area contributed by atoms with Crippen molar-refractivity contribution in [2.75, 3.05) is 13.1 Å². The Balaban J connectivity index is 1.45. The lowest BCUT2D eigenvalue weighted by molar-refractivity contribution is 0.842. The first-order valence-electron chi connectivity index (χ1n) is 7.81. The highest BCUT2D eigenvalue weighted by Gasteiger charge is 2.02. The van der Waals surface area contributed by atoms with Crippen molar-refractivity contribution in [3.05, 3.63) is 66.1 Å².